The molecule has 3 aromatic rings. The molecular formula is C27H27ClO5. The van der Waals surface area contributed by atoms with Gasteiger partial charge in [-0.05, 0) is 62.6 Å². The molecule has 0 aromatic heterocycles. The van der Waals surface area contributed by atoms with E-state index in [-0.39, 0.29) is 24.6 Å². The maximum Gasteiger partial charge on any atom is 0.203 e. The van der Waals surface area contributed by atoms with Gasteiger partial charge in [-0.2, -0.15) is 0 Å². The number of carbonyl (C=O) groups excluding carboxylic acids is 1. The largest absolute Gasteiger partial charge is 0.488 e. The van der Waals surface area contributed by atoms with Gasteiger partial charge in [0.15, 0.2) is 6.61 Å². The normalized spacial score (nSPS) is 14.2. The lowest BCUT2D eigenvalue weighted by molar-refractivity contribution is 0.0813. The highest BCUT2D eigenvalue weighted by molar-refractivity contribution is 6.30. The Kier molecular flexibility index (Phi) is 6.91. The summed E-state index contributed by atoms with van der Waals surface area (Å²) < 4.78 is 18.0. The summed E-state index contributed by atoms with van der Waals surface area (Å²) in [6.07, 6.45) is 1.56. The van der Waals surface area contributed by atoms with Crippen LogP contribution in [-0.2, 0) is 19.6 Å². The molecule has 0 radical (unpaired) electrons. The molecule has 6 heteroatoms. The van der Waals surface area contributed by atoms with E-state index in [1.54, 1.807) is 24.3 Å². The molecule has 4 rings (SSSR count). The number of aliphatic hydroxyl groups is 1. The highest BCUT2D eigenvalue weighted by atomic mass is 35.5. The number of Topliss-reactive ketones (excluding diaryl/α,β-unsaturated/α-hetero) is 1. The molecule has 0 unspecified atom stereocenters. The zero-order valence-electron chi connectivity index (χ0n) is 18.8. The number of ether oxygens (including phenoxy) is 3. The molecule has 1 heterocycles. The molecular weight excluding hydrogens is 440 g/mol. The van der Waals surface area contributed by atoms with Gasteiger partial charge in [0.2, 0.25) is 5.78 Å². The van der Waals surface area contributed by atoms with Gasteiger partial charge in [-0.3, -0.25) is 4.79 Å². The Balaban J connectivity index is 1.53. The second kappa shape index (κ2) is 9.86. The van der Waals surface area contributed by atoms with E-state index in [1.165, 1.54) is 0 Å². The third-order valence-corrected chi connectivity index (χ3v) is 5.90. The van der Waals surface area contributed by atoms with Gasteiger partial charge in [-0.1, -0.05) is 41.9 Å². The van der Waals surface area contributed by atoms with Crippen LogP contribution in [0.25, 0.3) is 0 Å². The number of hydrogen-bond acceptors (Lipinski definition) is 5. The van der Waals surface area contributed by atoms with E-state index in [4.69, 9.17) is 25.8 Å². The van der Waals surface area contributed by atoms with Gasteiger partial charge in [-0.25, -0.2) is 0 Å². The van der Waals surface area contributed by atoms with E-state index in [0.29, 0.717) is 34.3 Å². The molecule has 172 valence electrons. The lowest BCUT2D eigenvalue weighted by atomic mass is 9.92. The van der Waals surface area contributed by atoms with Crippen LogP contribution in [0.15, 0.2) is 60.7 Å². The lowest BCUT2D eigenvalue weighted by Crippen LogP contribution is -2.33. The number of rotatable bonds is 8. The molecule has 1 N–H and O–H groups in total. The van der Waals surface area contributed by atoms with Gasteiger partial charge in [0.05, 0.1) is 12.2 Å². The quantitative estimate of drug-likeness (QED) is 0.426. The van der Waals surface area contributed by atoms with Crippen molar-refractivity contribution in [3.63, 3.8) is 0 Å². The molecule has 0 aliphatic carbocycles. The summed E-state index contributed by atoms with van der Waals surface area (Å²) in [5.41, 5.74) is 2.61. The molecule has 1 aliphatic rings. The monoisotopic (exact) mass is 466 g/mol. The summed E-state index contributed by atoms with van der Waals surface area (Å²) in [6, 6.07) is 18.3. The third-order valence-electron chi connectivity index (χ3n) is 5.66. The Labute approximate surface area is 198 Å². The van der Waals surface area contributed by atoms with Crippen molar-refractivity contribution in [2.75, 3.05) is 6.61 Å². The fourth-order valence-corrected chi connectivity index (χ4v) is 4.03. The highest BCUT2D eigenvalue weighted by Gasteiger charge is 2.30. The molecule has 0 bridgehead atoms. The van der Waals surface area contributed by atoms with E-state index in [1.807, 2.05) is 50.2 Å². The number of fused-ring (bicyclic) bond motifs is 1. The van der Waals surface area contributed by atoms with Gasteiger partial charge in [0, 0.05) is 16.1 Å². The van der Waals surface area contributed by atoms with Crippen LogP contribution in [0, 0.1) is 0 Å². The number of carbonyl (C=O) groups is 1. The van der Waals surface area contributed by atoms with E-state index in [9.17, 15) is 9.90 Å². The molecule has 0 amide bonds. The van der Waals surface area contributed by atoms with Crippen LogP contribution in [0.1, 0.15) is 47.3 Å². The molecule has 0 spiro atoms. The van der Waals surface area contributed by atoms with E-state index in [2.05, 4.69) is 0 Å². The topological polar surface area (TPSA) is 65.0 Å². The van der Waals surface area contributed by atoms with Crippen molar-refractivity contribution in [2.24, 2.45) is 0 Å². The number of ketones is 1. The summed E-state index contributed by atoms with van der Waals surface area (Å²) >= 11 is 6.15. The predicted octanol–water partition coefficient (Wildman–Crippen LogP) is 5.78. The third kappa shape index (κ3) is 5.49. The zero-order valence-corrected chi connectivity index (χ0v) is 19.5. The van der Waals surface area contributed by atoms with Gasteiger partial charge in [0.1, 0.15) is 29.5 Å². The van der Waals surface area contributed by atoms with E-state index >= 15 is 0 Å². The van der Waals surface area contributed by atoms with Crippen LogP contribution in [-0.4, -0.2) is 23.1 Å². The predicted molar refractivity (Wildman–Crippen MR) is 127 cm³/mol. The van der Waals surface area contributed by atoms with E-state index in [0.717, 1.165) is 29.7 Å². The smallest absolute Gasteiger partial charge is 0.203 e. The molecule has 5 nitrogen and oxygen atoms in total. The SMILES string of the molecule is CC1(C)CCc2c(ccc(CO)c2OCC(=O)c2ccc(Cl)cc2OCc2ccccc2)O1. The average molecular weight is 467 g/mol. The first-order valence-corrected chi connectivity index (χ1v) is 11.3. The second-order valence-corrected chi connectivity index (χ2v) is 9.11. The second-order valence-electron chi connectivity index (χ2n) is 8.68. The van der Waals surface area contributed by atoms with Crippen molar-refractivity contribution in [3.8, 4) is 17.2 Å². The fourth-order valence-electron chi connectivity index (χ4n) is 3.87. The van der Waals surface area contributed by atoms with Gasteiger partial charge in [0.25, 0.3) is 0 Å². The maximum absolute atomic E-state index is 13.1. The van der Waals surface area contributed by atoms with Crippen molar-refractivity contribution in [1.82, 2.24) is 0 Å². The summed E-state index contributed by atoms with van der Waals surface area (Å²) in [7, 11) is 0. The molecule has 0 saturated heterocycles. The Morgan fingerprint density at radius 1 is 1.09 bits per heavy atom. The average Bonchev–Trinajstić information content (AvgIpc) is 2.81. The number of hydrogen-bond donors (Lipinski definition) is 1. The Morgan fingerprint density at radius 3 is 2.64 bits per heavy atom. The maximum atomic E-state index is 13.1. The van der Waals surface area contributed by atoms with E-state index < -0.39 is 0 Å². The highest BCUT2D eigenvalue weighted by Crippen LogP contribution is 2.40. The minimum absolute atomic E-state index is 0.188. The van der Waals surface area contributed by atoms with Crippen LogP contribution in [0.5, 0.6) is 17.2 Å². The molecule has 0 atom stereocenters. The van der Waals surface area contributed by atoms with Crippen LogP contribution in [0.4, 0.5) is 0 Å². The first-order chi connectivity index (χ1) is 15.9. The number of halogens is 1. The summed E-state index contributed by atoms with van der Waals surface area (Å²) in [5, 5.41) is 10.3. The Hall–Kier alpha value is -3.02. The zero-order chi connectivity index (χ0) is 23.4. The lowest BCUT2D eigenvalue weighted by Gasteiger charge is -2.33. The Morgan fingerprint density at radius 2 is 1.88 bits per heavy atom. The first-order valence-electron chi connectivity index (χ1n) is 10.9. The van der Waals surface area contributed by atoms with Crippen molar-refractivity contribution in [1.29, 1.82) is 0 Å². The fraction of sp³-hybridized carbons (Fsp3) is 0.296. The minimum Gasteiger partial charge on any atom is -0.488 e. The van der Waals surface area contributed by atoms with Crippen LogP contribution < -0.4 is 14.2 Å². The standard InChI is InChI=1S/C27H27ClO5/c1-27(2)13-12-22-24(33-27)11-8-19(15-29)26(22)32-17-23(30)21-10-9-20(28)14-25(21)31-16-18-6-4-3-5-7-18/h3-11,14,29H,12-13,15-17H2,1-2H3. The summed E-state index contributed by atoms with van der Waals surface area (Å²) in [5.74, 6) is 1.40. The molecule has 0 fully saturated rings. The molecule has 3 aromatic carbocycles. The van der Waals surface area contributed by atoms with Gasteiger partial charge < -0.3 is 19.3 Å². The van der Waals surface area contributed by atoms with Gasteiger partial charge >= 0.3 is 0 Å². The Bertz CT molecular complexity index is 1140. The van der Waals surface area contributed by atoms with Crippen molar-refractivity contribution in [3.05, 3.63) is 87.9 Å². The minimum atomic E-state index is -0.269. The summed E-state index contributed by atoms with van der Waals surface area (Å²) in [4.78, 5) is 13.1. The van der Waals surface area contributed by atoms with Crippen LogP contribution in [0.3, 0.4) is 0 Å². The molecule has 33 heavy (non-hydrogen) atoms. The summed E-state index contributed by atoms with van der Waals surface area (Å²) in [6.45, 7) is 4.01. The van der Waals surface area contributed by atoms with Crippen LogP contribution in [0.2, 0.25) is 5.02 Å². The van der Waals surface area contributed by atoms with Crippen LogP contribution >= 0.6 is 11.6 Å². The van der Waals surface area contributed by atoms with Crippen molar-refractivity contribution < 1.29 is 24.1 Å². The number of benzene rings is 3. The van der Waals surface area contributed by atoms with Crippen molar-refractivity contribution in [2.45, 2.75) is 45.5 Å². The van der Waals surface area contributed by atoms with Crippen molar-refractivity contribution >= 4 is 17.4 Å². The number of aliphatic hydroxyl groups excluding tert-OH is 1. The molecule has 0 saturated carbocycles. The molecule has 1 aliphatic heterocycles. The first kappa shape index (κ1) is 23.1. The van der Waals surface area contributed by atoms with Gasteiger partial charge in [-0.15, -0.1) is 0 Å².